The number of ether oxygens (including phenoxy) is 1. The van der Waals surface area contributed by atoms with Crippen molar-refractivity contribution in [2.45, 2.75) is 25.4 Å². The van der Waals surface area contributed by atoms with Crippen LogP contribution < -0.4 is 4.74 Å². The van der Waals surface area contributed by atoms with Crippen LogP contribution in [0, 0.1) is 11.3 Å². The van der Waals surface area contributed by atoms with Gasteiger partial charge in [-0.2, -0.15) is 5.26 Å². The average Bonchev–Trinajstić information content (AvgIpc) is 3.32. The van der Waals surface area contributed by atoms with Crippen molar-refractivity contribution in [2.24, 2.45) is 0 Å². The van der Waals surface area contributed by atoms with Crippen LogP contribution in [-0.2, 0) is 6.61 Å². The minimum absolute atomic E-state index is 0.0148. The number of piperidine rings is 1. The minimum Gasteiger partial charge on any atom is -0.489 e. The third-order valence-corrected chi connectivity index (χ3v) is 6.19. The molecule has 1 aliphatic rings. The summed E-state index contributed by atoms with van der Waals surface area (Å²) in [4.78, 5) is 23.2. The van der Waals surface area contributed by atoms with Gasteiger partial charge in [-0.05, 0) is 49.2 Å². The van der Waals surface area contributed by atoms with Gasteiger partial charge in [-0.25, -0.2) is 4.98 Å². The fourth-order valence-electron chi connectivity index (χ4n) is 4.34. The summed E-state index contributed by atoms with van der Waals surface area (Å²) < 4.78 is 5.88. The number of H-pyrrole nitrogens is 1. The Kier molecular flexibility index (Phi) is 5.77. The van der Waals surface area contributed by atoms with Gasteiger partial charge in [0, 0.05) is 30.1 Å². The minimum atomic E-state index is 0.0148. The van der Waals surface area contributed by atoms with Crippen molar-refractivity contribution >= 4 is 16.9 Å². The number of nitriles is 1. The lowest BCUT2D eigenvalue weighted by Gasteiger charge is -2.31. The lowest BCUT2D eigenvalue weighted by molar-refractivity contribution is 0.0711. The Morgan fingerprint density at radius 2 is 1.85 bits per heavy atom. The van der Waals surface area contributed by atoms with Crippen LogP contribution in [-0.4, -0.2) is 33.9 Å². The molecule has 6 nitrogen and oxygen atoms in total. The van der Waals surface area contributed by atoms with E-state index < -0.39 is 0 Å². The lowest BCUT2D eigenvalue weighted by atomic mass is 9.95. The topological polar surface area (TPSA) is 82.0 Å². The van der Waals surface area contributed by atoms with Gasteiger partial charge < -0.3 is 14.6 Å². The second-order valence-corrected chi connectivity index (χ2v) is 8.29. The summed E-state index contributed by atoms with van der Waals surface area (Å²) in [5.74, 6) is 1.97. The van der Waals surface area contributed by atoms with E-state index in [-0.39, 0.29) is 12.5 Å². The third-order valence-electron chi connectivity index (χ3n) is 6.19. The molecule has 0 unspecified atom stereocenters. The van der Waals surface area contributed by atoms with E-state index in [1.165, 1.54) is 0 Å². The molecule has 164 valence electrons. The molecule has 0 radical (unpaired) electrons. The smallest absolute Gasteiger partial charge is 0.253 e. The van der Waals surface area contributed by atoms with E-state index in [4.69, 9.17) is 9.72 Å². The van der Waals surface area contributed by atoms with Crippen molar-refractivity contribution in [2.75, 3.05) is 13.1 Å². The lowest BCUT2D eigenvalue weighted by Crippen LogP contribution is -2.38. The molecule has 33 heavy (non-hydrogen) atoms. The van der Waals surface area contributed by atoms with Crippen molar-refractivity contribution in [3.63, 3.8) is 0 Å². The first-order chi connectivity index (χ1) is 16.2. The van der Waals surface area contributed by atoms with Gasteiger partial charge in [-0.1, -0.05) is 36.4 Å². The van der Waals surface area contributed by atoms with E-state index in [1.54, 1.807) is 12.1 Å². The van der Waals surface area contributed by atoms with Gasteiger partial charge in [-0.15, -0.1) is 0 Å². The van der Waals surface area contributed by atoms with E-state index in [0.29, 0.717) is 35.9 Å². The van der Waals surface area contributed by atoms with Gasteiger partial charge in [0.1, 0.15) is 18.2 Å². The fraction of sp³-hybridized carbons (Fsp3) is 0.222. The van der Waals surface area contributed by atoms with Crippen molar-refractivity contribution in [1.82, 2.24) is 14.9 Å². The largest absolute Gasteiger partial charge is 0.489 e. The normalized spacial score (nSPS) is 14.2. The zero-order chi connectivity index (χ0) is 22.6. The third kappa shape index (κ3) is 4.44. The Morgan fingerprint density at radius 1 is 1.06 bits per heavy atom. The van der Waals surface area contributed by atoms with Crippen molar-refractivity contribution in [3.8, 4) is 11.8 Å². The fourth-order valence-corrected chi connectivity index (χ4v) is 4.34. The summed E-state index contributed by atoms with van der Waals surface area (Å²) in [5, 5.41) is 9.24. The monoisotopic (exact) mass is 436 g/mol. The maximum Gasteiger partial charge on any atom is 0.253 e. The summed E-state index contributed by atoms with van der Waals surface area (Å²) in [7, 11) is 0. The molecule has 1 aliphatic heterocycles. The average molecular weight is 437 g/mol. The summed E-state index contributed by atoms with van der Waals surface area (Å²) >= 11 is 0. The predicted molar refractivity (Wildman–Crippen MR) is 126 cm³/mol. The Balaban J connectivity index is 1.21. The number of rotatable bonds is 5. The van der Waals surface area contributed by atoms with E-state index in [9.17, 15) is 10.1 Å². The highest BCUT2D eigenvalue weighted by molar-refractivity contribution is 5.94. The van der Waals surface area contributed by atoms with Crippen molar-refractivity contribution in [1.29, 1.82) is 5.26 Å². The first-order valence-corrected chi connectivity index (χ1v) is 11.2. The highest BCUT2D eigenvalue weighted by Crippen LogP contribution is 2.29. The molecular weight excluding hydrogens is 412 g/mol. The first kappa shape index (κ1) is 20.8. The number of hydrogen-bond donors (Lipinski definition) is 1. The van der Waals surface area contributed by atoms with Crippen molar-refractivity contribution < 1.29 is 9.53 Å². The number of para-hydroxylation sites is 2. The molecule has 3 aromatic carbocycles. The SMILES string of the molecule is N#Cc1ccccc1COc1cccc(C(=O)N2CCC(c3nc4ccccc4[nH]3)CC2)c1. The predicted octanol–water partition coefficient (Wildman–Crippen LogP) is 5.03. The molecule has 0 saturated carbocycles. The maximum absolute atomic E-state index is 13.1. The molecule has 5 rings (SSSR count). The number of aromatic nitrogens is 2. The highest BCUT2D eigenvalue weighted by atomic mass is 16.5. The molecule has 0 spiro atoms. The number of benzene rings is 3. The van der Waals surface area contributed by atoms with Crippen LogP contribution >= 0.6 is 0 Å². The number of aromatic amines is 1. The van der Waals surface area contributed by atoms with Gasteiger partial charge in [0.05, 0.1) is 22.7 Å². The van der Waals surface area contributed by atoms with Gasteiger partial charge in [0.15, 0.2) is 0 Å². The zero-order valence-corrected chi connectivity index (χ0v) is 18.2. The van der Waals surface area contributed by atoms with E-state index >= 15 is 0 Å². The molecule has 1 saturated heterocycles. The Morgan fingerprint density at radius 3 is 2.67 bits per heavy atom. The van der Waals surface area contributed by atoms with E-state index in [2.05, 4.69) is 11.1 Å². The van der Waals surface area contributed by atoms with Gasteiger partial charge in [0.25, 0.3) is 5.91 Å². The molecule has 1 N–H and O–H groups in total. The van der Waals surface area contributed by atoms with E-state index in [0.717, 1.165) is 35.3 Å². The molecule has 1 aromatic heterocycles. The summed E-state index contributed by atoms with van der Waals surface area (Å²) in [5.41, 5.74) is 4.07. The van der Waals surface area contributed by atoms with Crippen LogP contribution in [0.4, 0.5) is 0 Å². The number of carbonyl (C=O) groups excluding carboxylic acids is 1. The number of carbonyl (C=O) groups is 1. The van der Waals surface area contributed by atoms with Gasteiger partial charge in [-0.3, -0.25) is 4.79 Å². The van der Waals surface area contributed by atoms with Crippen LogP contribution in [0.15, 0.2) is 72.8 Å². The van der Waals surface area contributed by atoms with Crippen LogP contribution in [0.25, 0.3) is 11.0 Å². The standard InChI is InChI=1S/C27H24N4O2/c28-17-21-6-1-2-7-22(21)18-33-23-9-5-8-20(16-23)27(32)31-14-12-19(13-15-31)26-29-24-10-3-4-11-25(24)30-26/h1-11,16,19H,12-15,18H2,(H,29,30). The number of fused-ring (bicyclic) bond motifs is 1. The second-order valence-electron chi connectivity index (χ2n) is 8.29. The quantitative estimate of drug-likeness (QED) is 0.476. The van der Waals surface area contributed by atoms with Crippen LogP contribution in [0.5, 0.6) is 5.75 Å². The Hall–Kier alpha value is -4.11. The number of nitrogens with zero attached hydrogens (tertiary/aromatic N) is 3. The number of hydrogen-bond acceptors (Lipinski definition) is 4. The van der Waals surface area contributed by atoms with Gasteiger partial charge in [0.2, 0.25) is 0 Å². The molecule has 2 heterocycles. The number of nitrogens with one attached hydrogen (secondary N) is 1. The second kappa shape index (κ2) is 9.17. The van der Waals surface area contributed by atoms with Crippen LogP contribution in [0.2, 0.25) is 0 Å². The van der Waals surface area contributed by atoms with Gasteiger partial charge >= 0.3 is 0 Å². The summed E-state index contributed by atoms with van der Waals surface area (Å²) in [6.45, 7) is 1.67. The number of likely N-dealkylation sites (tertiary alicyclic amines) is 1. The number of amides is 1. The maximum atomic E-state index is 13.1. The zero-order valence-electron chi connectivity index (χ0n) is 18.2. The molecule has 0 aliphatic carbocycles. The summed E-state index contributed by atoms with van der Waals surface area (Å²) in [6.07, 6.45) is 1.76. The van der Waals surface area contributed by atoms with Crippen LogP contribution in [0.1, 0.15) is 46.1 Å². The number of imidazole rings is 1. The highest BCUT2D eigenvalue weighted by Gasteiger charge is 2.26. The summed E-state index contributed by atoms with van der Waals surface area (Å²) in [6, 6.07) is 24.9. The Bertz CT molecular complexity index is 1300. The Labute approximate surface area is 192 Å². The first-order valence-electron chi connectivity index (χ1n) is 11.2. The van der Waals surface area contributed by atoms with Crippen molar-refractivity contribution in [3.05, 3.63) is 95.3 Å². The molecule has 1 fully saturated rings. The molecule has 0 bridgehead atoms. The van der Waals surface area contributed by atoms with Crippen LogP contribution in [0.3, 0.4) is 0 Å². The molecular formula is C27H24N4O2. The molecule has 6 heteroatoms. The molecule has 4 aromatic rings. The molecule has 0 atom stereocenters. The molecule has 1 amide bonds. The van der Waals surface area contributed by atoms with E-state index in [1.807, 2.05) is 65.6 Å².